The van der Waals surface area contributed by atoms with Gasteiger partial charge in [-0.3, -0.25) is 9.59 Å². The van der Waals surface area contributed by atoms with Gasteiger partial charge < -0.3 is 20.3 Å². The third-order valence-corrected chi connectivity index (χ3v) is 15.6. The Hall–Kier alpha value is -1.40. The molecule has 2 unspecified atom stereocenters. The predicted molar refractivity (Wildman–Crippen MR) is 315 cm³/mol. The van der Waals surface area contributed by atoms with Crippen LogP contribution in [0.3, 0.4) is 0 Å². The molecule has 1 amide bonds. The topological polar surface area (TPSA) is 95.9 Å². The summed E-state index contributed by atoms with van der Waals surface area (Å²) >= 11 is 0. The van der Waals surface area contributed by atoms with Crippen molar-refractivity contribution in [3.63, 3.8) is 0 Å². The summed E-state index contributed by atoms with van der Waals surface area (Å²) in [6.07, 6.45) is 75.4. The van der Waals surface area contributed by atoms with Crippen molar-refractivity contribution in [2.75, 3.05) is 13.2 Å². The van der Waals surface area contributed by atoms with Gasteiger partial charge in [-0.05, 0) is 44.9 Å². The Labute approximate surface area is 450 Å². The zero-order chi connectivity index (χ0) is 52.2. The van der Waals surface area contributed by atoms with Crippen molar-refractivity contribution in [3.05, 3.63) is 12.2 Å². The van der Waals surface area contributed by atoms with E-state index in [1.54, 1.807) is 0 Å². The molecule has 0 rings (SSSR count). The van der Waals surface area contributed by atoms with Gasteiger partial charge in [0, 0.05) is 12.8 Å². The van der Waals surface area contributed by atoms with Crippen molar-refractivity contribution in [2.24, 2.45) is 0 Å². The lowest BCUT2D eigenvalue weighted by atomic mass is 10.0. The summed E-state index contributed by atoms with van der Waals surface area (Å²) in [5, 5.41) is 23.2. The molecule has 428 valence electrons. The van der Waals surface area contributed by atoms with Gasteiger partial charge in [-0.1, -0.05) is 328 Å². The minimum Gasteiger partial charge on any atom is -0.466 e. The maximum Gasteiger partial charge on any atom is 0.305 e. The van der Waals surface area contributed by atoms with Crippen LogP contribution in [0.25, 0.3) is 0 Å². The minimum atomic E-state index is -0.659. The van der Waals surface area contributed by atoms with Crippen molar-refractivity contribution in [2.45, 2.75) is 386 Å². The Balaban J connectivity index is 3.30. The molecule has 0 aliphatic rings. The molecule has 72 heavy (non-hydrogen) atoms. The molecule has 0 aromatic rings. The Morgan fingerprint density at radius 3 is 1.03 bits per heavy atom. The first-order valence-electron chi connectivity index (χ1n) is 32.9. The van der Waals surface area contributed by atoms with Gasteiger partial charge in [0.05, 0.1) is 25.4 Å². The second kappa shape index (κ2) is 62.1. The second-order valence-corrected chi connectivity index (χ2v) is 22.8. The number of allylic oxidation sites excluding steroid dienone is 2. The molecule has 0 aliphatic heterocycles. The van der Waals surface area contributed by atoms with Crippen LogP contribution in [0, 0.1) is 0 Å². The van der Waals surface area contributed by atoms with Crippen LogP contribution in [0.2, 0.25) is 0 Å². The molecule has 0 spiro atoms. The van der Waals surface area contributed by atoms with E-state index >= 15 is 0 Å². The molecule has 6 heteroatoms. The molecule has 0 saturated carbocycles. The van der Waals surface area contributed by atoms with E-state index in [2.05, 4.69) is 31.3 Å². The first kappa shape index (κ1) is 70.6. The number of carbonyl (C=O) groups excluding carboxylic acids is 2. The SMILES string of the molecule is CCCC/C=C\CCCCCCCC(=O)OCCCCCCCCCCCCCCCCCCCCCCCCCCCCCCCCCCC(=O)NC(CO)C(O)CCCCCCCCCCCCCC. The number of hydrogen-bond acceptors (Lipinski definition) is 5. The first-order valence-corrected chi connectivity index (χ1v) is 32.9. The van der Waals surface area contributed by atoms with Crippen LogP contribution in [0.1, 0.15) is 373 Å². The molecular weight excluding hydrogens is 887 g/mol. The Bertz CT molecular complexity index is 1080. The highest BCUT2D eigenvalue weighted by Crippen LogP contribution is 2.19. The Morgan fingerprint density at radius 1 is 0.375 bits per heavy atom. The summed E-state index contributed by atoms with van der Waals surface area (Å²) in [6, 6.07) is -0.536. The Kier molecular flexibility index (Phi) is 60.9. The summed E-state index contributed by atoms with van der Waals surface area (Å²) in [6.45, 7) is 4.94. The number of rotatable bonds is 62. The lowest BCUT2D eigenvalue weighted by Gasteiger charge is -2.22. The number of aliphatic hydroxyl groups is 2. The number of nitrogens with one attached hydrogen (secondary N) is 1. The van der Waals surface area contributed by atoms with Crippen molar-refractivity contribution in [1.29, 1.82) is 0 Å². The van der Waals surface area contributed by atoms with E-state index in [0.717, 1.165) is 44.9 Å². The Morgan fingerprint density at radius 2 is 0.667 bits per heavy atom. The van der Waals surface area contributed by atoms with Crippen molar-refractivity contribution in [1.82, 2.24) is 5.32 Å². The number of amides is 1. The van der Waals surface area contributed by atoms with E-state index < -0.39 is 12.1 Å². The normalized spacial score (nSPS) is 12.6. The number of esters is 1. The average Bonchev–Trinajstić information content (AvgIpc) is 3.38. The highest BCUT2D eigenvalue weighted by molar-refractivity contribution is 5.76. The molecule has 0 aliphatic carbocycles. The van der Waals surface area contributed by atoms with E-state index in [4.69, 9.17) is 4.74 Å². The van der Waals surface area contributed by atoms with Gasteiger partial charge in [-0.2, -0.15) is 0 Å². The lowest BCUT2D eigenvalue weighted by molar-refractivity contribution is -0.143. The standard InChI is InChI=1S/C66H129NO5/c1-3-5-7-9-11-13-15-39-42-46-50-54-58-64(69)63(62-68)67-65(70)59-55-51-47-43-40-36-34-32-30-28-26-24-22-20-18-16-17-19-21-23-25-27-29-31-33-35-37-41-45-49-53-57-61-72-66(71)60-56-52-48-44-38-14-12-10-8-6-4-2/h10,12,63-64,68-69H,3-9,11,13-62H2,1-2H3,(H,67,70)/b12-10-. The largest absolute Gasteiger partial charge is 0.466 e. The van der Waals surface area contributed by atoms with Crippen LogP contribution in [0.4, 0.5) is 0 Å². The summed E-state index contributed by atoms with van der Waals surface area (Å²) in [5.41, 5.74) is 0. The number of aliphatic hydroxyl groups excluding tert-OH is 2. The number of hydrogen-bond donors (Lipinski definition) is 3. The highest BCUT2D eigenvalue weighted by Gasteiger charge is 2.20. The van der Waals surface area contributed by atoms with Gasteiger partial charge in [-0.25, -0.2) is 0 Å². The second-order valence-electron chi connectivity index (χ2n) is 22.8. The fraction of sp³-hybridized carbons (Fsp3) is 0.939. The number of unbranched alkanes of at least 4 members (excludes halogenated alkanes) is 49. The van der Waals surface area contributed by atoms with Crippen LogP contribution in [0.15, 0.2) is 12.2 Å². The summed E-state index contributed by atoms with van der Waals surface area (Å²) < 4.78 is 5.47. The van der Waals surface area contributed by atoms with Crippen molar-refractivity contribution < 1.29 is 24.5 Å². The fourth-order valence-electron chi connectivity index (χ4n) is 10.5. The van der Waals surface area contributed by atoms with Gasteiger partial charge in [0.2, 0.25) is 5.91 Å². The summed E-state index contributed by atoms with van der Waals surface area (Å²) in [7, 11) is 0. The van der Waals surface area contributed by atoms with Crippen molar-refractivity contribution in [3.8, 4) is 0 Å². The number of carbonyl (C=O) groups is 2. The van der Waals surface area contributed by atoms with Crippen LogP contribution in [0.5, 0.6) is 0 Å². The van der Waals surface area contributed by atoms with E-state index in [1.165, 1.54) is 295 Å². The first-order chi connectivity index (χ1) is 35.5. The van der Waals surface area contributed by atoms with Gasteiger partial charge >= 0.3 is 5.97 Å². The average molecular weight is 1020 g/mol. The summed E-state index contributed by atoms with van der Waals surface area (Å²) in [5.74, 6) is -0.0184. The monoisotopic (exact) mass is 1020 g/mol. The third kappa shape index (κ3) is 57.9. The lowest BCUT2D eigenvalue weighted by Crippen LogP contribution is -2.45. The fourth-order valence-corrected chi connectivity index (χ4v) is 10.5. The maximum atomic E-state index is 12.5. The third-order valence-electron chi connectivity index (χ3n) is 15.6. The van der Waals surface area contributed by atoms with Gasteiger partial charge in [0.25, 0.3) is 0 Å². The zero-order valence-electron chi connectivity index (χ0n) is 48.9. The zero-order valence-corrected chi connectivity index (χ0v) is 48.9. The van der Waals surface area contributed by atoms with Crippen LogP contribution < -0.4 is 5.32 Å². The van der Waals surface area contributed by atoms with E-state index in [0.29, 0.717) is 25.9 Å². The molecule has 0 heterocycles. The quantitative estimate of drug-likeness (QED) is 0.0320. The van der Waals surface area contributed by atoms with Crippen molar-refractivity contribution >= 4 is 11.9 Å². The smallest absolute Gasteiger partial charge is 0.305 e. The molecule has 0 fully saturated rings. The van der Waals surface area contributed by atoms with Gasteiger partial charge in [0.1, 0.15) is 0 Å². The van der Waals surface area contributed by atoms with Crippen LogP contribution in [-0.2, 0) is 14.3 Å². The molecular formula is C66H129NO5. The minimum absolute atomic E-state index is 0.0105. The highest BCUT2D eigenvalue weighted by atomic mass is 16.5. The maximum absolute atomic E-state index is 12.5. The van der Waals surface area contributed by atoms with E-state index in [-0.39, 0.29) is 18.5 Å². The summed E-state index contributed by atoms with van der Waals surface area (Å²) in [4.78, 5) is 24.5. The van der Waals surface area contributed by atoms with E-state index in [1.807, 2.05) is 0 Å². The van der Waals surface area contributed by atoms with E-state index in [9.17, 15) is 19.8 Å². The molecule has 0 aromatic heterocycles. The van der Waals surface area contributed by atoms with Crippen LogP contribution >= 0.6 is 0 Å². The van der Waals surface area contributed by atoms with Gasteiger partial charge in [-0.15, -0.1) is 0 Å². The molecule has 2 atom stereocenters. The van der Waals surface area contributed by atoms with Gasteiger partial charge in [0.15, 0.2) is 0 Å². The molecule has 6 nitrogen and oxygen atoms in total. The van der Waals surface area contributed by atoms with Crippen LogP contribution in [-0.4, -0.2) is 47.4 Å². The molecule has 0 saturated heterocycles. The predicted octanol–water partition coefficient (Wildman–Crippen LogP) is 20.8. The molecule has 3 N–H and O–H groups in total. The molecule has 0 radical (unpaired) electrons. The molecule has 0 bridgehead atoms. The number of ether oxygens (including phenoxy) is 1. The molecule has 0 aromatic carbocycles.